The molecule has 1 amide bonds. The van der Waals surface area contributed by atoms with E-state index in [2.05, 4.69) is 34.9 Å². The van der Waals surface area contributed by atoms with E-state index in [1.54, 1.807) is 0 Å². The maximum absolute atomic E-state index is 11.9. The number of carbonyl (C=O) groups excluding carboxylic acids is 1. The summed E-state index contributed by atoms with van der Waals surface area (Å²) < 4.78 is 0. The molecule has 1 aromatic rings. The van der Waals surface area contributed by atoms with E-state index in [9.17, 15) is 4.79 Å². The zero-order valence-corrected chi connectivity index (χ0v) is 13.0. The van der Waals surface area contributed by atoms with Crippen molar-refractivity contribution in [2.45, 2.75) is 31.7 Å². The van der Waals surface area contributed by atoms with Gasteiger partial charge in [-0.1, -0.05) is 0 Å². The summed E-state index contributed by atoms with van der Waals surface area (Å²) in [5.41, 5.74) is 0.937. The van der Waals surface area contributed by atoms with Crippen molar-refractivity contribution >= 4 is 17.4 Å². The third-order valence-electron chi connectivity index (χ3n) is 4.59. The van der Waals surface area contributed by atoms with E-state index >= 15 is 0 Å². The third-order valence-corrected chi connectivity index (χ3v) is 4.59. The molecule has 3 rings (SSSR count). The number of amides is 1. The Hall–Kier alpha value is -1.62. The van der Waals surface area contributed by atoms with Gasteiger partial charge in [-0.3, -0.25) is 4.79 Å². The number of aromatic nitrogens is 1. The summed E-state index contributed by atoms with van der Waals surface area (Å²) in [4.78, 5) is 23.0. The van der Waals surface area contributed by atoms with E-state index in [4.69, 9.17) is 0 Å². The Bertz CT molecular complexity index is 500. The molecule has 0 N–H and O–H groups in total. The van der Waals surface area contributed by atoms with Gasteiger partial charge in [0.2, 0.25) is 5.91 Å². The Morgan fingerprint density at radius 2 is 2.10 bits per heavy atom. The monoisotopic (exact) mass is 288 g/mol. The molecule has 0 saturated carbocycles. The average molecular weight is 288 g/mol. The first-order chi connectivity index (χ1) is 10.1. The second-order valence-corrected chi connectivity index (χ2v) is 6.23. The van der Waals surface area contributed by atoms with Gasteiger partial charge in [0, 0.05) is 32.1 Å². The number of likely N-dealkylation sites (N-methyl/N-ethyl adjacent to an activating group) is 1. The number of carbonyl (C=O) groups is 1. The van der Waals surface area contributed by atoms with Crippen molar-refractivity contribution < 1.29 is 4.79 Å². The number of anilines is 2. The van der Waals surface area contributed by atoms with Crippen molar-refractivity contribution in [2.24, 2.45) is 0 Å². The average Bonchev–Trinajstić information content (AvgIpc) is 2.98. The first kappa shape index (κ1) is 14.3. The van der Waals surface area contributed by atoms with Gasteiger partial charge < -0.3 is 14.7 Å². The van der Waals surface area contributed by atoms with Crippen LogP contribution in [0.25, 0.3) is 0 Å². The van der Waals surface area contributed by atoms with Crippen LogP contribution < -0.4 is 9.80 Å². The standard InChI is InChI=1S/C16H24N4O/c1-18(2)14-8-10-19(12-14)15-7-6-13(11-17-15)20-9-4-3-5-16(20)21/h6-7,11,14H,3-5,8-10,12H2,1-2H3. The molecule has 0 aliphatic carbocycles. The Morgan fingerprint density at radius 3 is 2.71 bits per heavy atom. The molecule has 0 bridgehead atoms. The lowest BCUT2D eigenvalue weighted by atomic mass is 10.1. The maximum atomic E-state index is 11.9. The highest BCUT2D eigenvalue weighted by Gasteiger charge is 2.25. The Kier molecular flexibility index (Phi) is 4.10. The largest absolute Gasteiger partial charge is 0.355 e. The molecule has 0 spiro atoms. The van der Waals surface area contributed by atoms with Gasteiger partial charge in [0.25, 0.3) is 0 Å². The minimum atomic E-state index is 0.227. The molecular weight excluding hydrogens is 264 g/mol. The van der Waals surface area contributed by atoms with Crippen LogP contribution in [-0.2, 0) is 4.79 Å². The van der Waals surface area contributed by atoms with Gasteiger partial charge in [0.05, 0.1) is 11.9 Å². The SMILES string of the molecule is CN(C)C1CCN(c2ccc(N3CCCCC3=O)cn2)C1. The fraction of sp³-hybridized carbons (Fsp3) is 0.625. The van der Waals surface area contributed by atoms with Crippen LogP contribution in [0.1, 0.15) is 25.7 Å². The van der Waals surface area contributed by atoms with Crippen molar-refractivity contribution in [3.05, 3.63) is 18.3 Å². The quantitative estimate of drug-likeness (QED) is 0.849. The summed E-state index contributed by atoms with van der Waals surface area (Å²) in [7, 11) is 4.26. The summed E-state index contributed by atoms with van der Waals surface area (Å²) in [5.74, 6) is 1.25. The lowest BCUT2D eigenvalue weighted by Gasteiger charge is -2.27. The number of rotatable bonds is 3. The second kappa shape index (κ2) is 6.02. The number of pyridine rings is 1. The molecule has 5 heteroatoms. The lowest BCUT2D eigenvalue weighted by Crippen LogP contribution is -2.35. The van der Waals surface area contributed by atoms with Gasteiger partial charge in [0.1, 0.15) is 5.82 Å². The predicted molar refractivity (Wildman–Crippen MR) is 84.7 cm³/mol. The first-order valence-electron chi connectivity index (χ1n) is 7.83. The number of piperidine rings is 1. The lowest BCUT2D eigenvalue weighted by molar-refractivity contribution is -0.119. The molecular formula is C16H24N4O. The summed E-state index contributed by atoms with van der Waals surface area (Å²) >= 11 is 0. The highest BCUT2D eigenvalue weighted by Crippen LogP contribution is 2.24. The summed E-state index contributed by atoms with van der Waals surface area (Å²) in [6.45, 7) is 2.91. The van der Waals surface area contributed by atoms with Gasteiger partial charge >= 0.3 is 0 Å². The molecule has 2 aliphatic rings. The summed E-state index contributed by atoms with van der Waals surface area (Å²) in [5, 5.41) is 0. The Labute approximate surface area is 126 Å². The fourth-order valence-corrected chi connectivity index (χ4v) is 3.18. The molecule has 0 radical (unpaired) electrons. The molecule has 3 heterocycles. The van der Waals surface area contributed by atoms with Crippen molar-refractivity contribution in [3.63, 3.8) is 0 Å². The number of nitrogens with zero attached hydrogens (tertiary/aromatic N) is 4. The molecule has 1 aromatic heterocycles. The van der Waals surface area contributed by atoms with Crippen molar-refractivity contribution in [2.75, 3.05) is 43.5 Å². The van der Waals surface area contributed by atoms with Crippen LogP contribution in [0.5, 0.6) is 0 Å². The van der Waals surface area contributed by atoms with Gasteiger partial charge in [-0.15, -0.1) is 0 Å². The van der Waals surface area contributed by atoms with E-state index in [-0.39, 0.29) is 5.91 Å². The maximum Gasteiger partial charge on any atom is 0.227 e. The summed E-state index contributed by atoms with van der Waals surface area (Å²) in [6.07, 6.45) is 5.80. The Balaban J connectivity index is 1.68. The molecule has 1 unspecified atom stereocenters. The molecule has 114 valence electrons. The van der Waals surface area contributed by atoms with E-state index in [1.165, 1.54) is 6.42 Å². The molecule has 0 aromatic carbocycles. The zero-order chi connectivity index (χ0) is 14.8. The van der Waals surface area contributed by atoms with Crippen LogP contribution in [0, 0.1) is 0 Å². The Morgan fingerprint density at radius 1 is 1.24 bits per heavy atom. The normalized spacial score (nSPS) is 23.2. The molecule has 2 saturated heterocycles. The highest BCUT2D eigenvalue weighted by molar-refractivity contribution is 5.93. The zero-order valence-electron chi connectivity index (χ0n) is 13.0. The van der Waals surface area contributed by atoms with Crippen molar-refractivity contribution in [3.8, 4) is 0 Å². The van der Waals surface area contributed by atoms with Crippen LogP contribution in [0.2, 0.25) is 0 Å². The van der Waals surface area contributed by atoms with Gasteiger partial charge in [-0.25, -0.2) is 4.98 Å². The number of hydrogen-bond acceptors (Lipinski definition) is 4. The van der Waals surface area contributed by atoms with E-state index in [1.807, 2.05) is 17.2 Å². The first-order valence-corrected chi connectivity index (χ1v) is 7.83. The van der Waals surface area contributed by atoms with Crippen LogP contribution >= 0.6 is 0 Å². The second-order valence-electron chi connectivity index (χ2n) is 6.23. The van der Waals surface area contributed by atoms with Crippen LogP contribution in [0.15, 0.2) is 18.3 Å². The highest BCUT2D eigenvalue weighted by atomic mass is 16.2. The van der Waals surface area contributed by atoms with Crippen molar-refractivity contribution in [1.82, 2.24) is 9.88 Å². The minimum absolute atomic E-state index is 0.227. The van der Waals surface area contributed by atoms with Crippen LogP contribution in [0.3, 0.4) is 0 Å². The number of hydrogen-bond donors (Lipinski definition) is 0. The smallest absolute Gasteiger partial charge is 0.227 e. The van der Waals surface area contributed by atoms with Crippen molar-refractivity contribution in [1.29, 1.82) is 0 Å². The van der Waals surface area contributed by atoms with E-state index in [0.29, 0.717) is 12.5 Å². The van der Waals surface area contributed by atoms with Crippen LogP contribution in [0.4, 0.5) is 11.5 Å². The topological polar surface area (TPSA) is 39.7 Å². The van der Waals surface area contributed by atoms with Gasteiger partial charge in [0.15, 0.2) is 0 Å². The molecule has 2 aliphatic heterocycles. The van der Waals surface area contributed by atoms with Gasteiger partial charge in [-0.2, -0.15) is 0 Å². The molecule has 2 fully saturated rings. The molecule has 5 nitrogen and oxygen atoms in total. The third kappa shape index (κ3) is 3.02. The fourth-order valence-electron chi connectivity index (χ4n) is 3.18. The van der Waals surface area contributed by atoms with Crippen LogP contribution in [-0.4, -0.2) is 55.6 Å². The molecule has 21 heavy (non-hydrogen) atoms. The predicted octanol–water partition coefficient (Wildman–Crippen LogP) is 1.74. The van der Waals surface area contributed by atoms with E-state index < -0.39 is 0 Å². The van der Waals surface area contributed by atoms with E-state index in [0.717, 1.165) is 44.0 Å². The van der Waals surface area contributed by atoms with Gasteiger partial charge in [-0.05, 0) is 45.5 Å². The minimum Gasteiger partial charge on any atom is -0.355 e. The molecule has 1 atom stereocenters. The summed E-state index contributed by atoms with van der Waals surface area (Å²) in [6, 6.07) is 4.69.